The van der Waals surface area contributed by atoms with E-state index in [4.69, 9.17) is 4.74 Å². The first-order valence-electron chi connectivity index (χ1n) is 7.37. The summed E-state index contributed by atoms with van der Waals surface area (Å²) in [5, 5.41) is 7.73. The van der Waals surface area contributed by atoms with Crippen LogP contribution in [0.3, 0.4) is 0 Å². The van der Waals surface area contributed by atoms with Crippen molar-refractivity contribution >= 4 is 5.69 Å². The van der Waals surface area contributed by atoms with E-state index in [0.717, 1.165) is 37.2 Å². The van der Waals surface area contributed by atoms with Gasteiger partial charge in [0.25, 0.3) is 0 Å². The number of hydrogen-bond donors (Lipinski definition) is 1. The monoisotopic (exact) mass is 289 g/mol. The van der Waals surface area contributed by atoms with Crippen LogP contribution >= 0.6 is 0 Å². The SMILES string of the molecule is CC(Nc1cnn(CC2CCCO2)c1)c1ccc(F)cc1. The number of nitrogens with zero attached hydrogens (tertiary/aromatic N) is 2. The number of hydrogen-bond acceptors (Lipinski definition) is 3. The van der Waals surface area contributed by atoms with E-state index in [1.54, 1.807) is 12.1 Å². The molecule has 112 valence electrons. The van der Waals surface area contributed by atoms with Crippen LogP contribution in [0, 0.1) is 5.82 Å². The van der Waals surface area contributed by atoms with Crippen LogP contribution in [0.25, 0.3) is 0 Å². The molecule has 1 aromatic carbocycles. The first-order valence-corrected chi connectivity index (χ1v) is 7.37. The average Bonchev–Trinajstić information content (AvgIpc) is 3.12. The molecule has 1 N–H and O–H groups in total. The highest BCUT2D eigenvalue weighted by atomic mass is 19.1. The fourth-order valence-electron chi connectivity index (χ4n) is 2.62. The molecule has 1 aliphatic heterocycles. The fraction of sp³-hybridized carbons (Fsp3) is 0.438. The smallest absolute Gasteiger partial charge is 0.123 e. The molecule has 2 unspecified atom stereocenters. The van der Waals surface area contributed by atoms with Gasteiger partial charge in [-0.1, -0.05) is 12.1 Å². The third kappa shape index (κ3) is 3.61. The van der Waals surface area contributed by atoms with E-state index in [1.807, 2.05) is 24.0 Å². The van der Waals surface area contributed by atoms with Crippen LogP contribution in [-0.4, -0.2) is 22.5 Å². The van der Waals surface area contributed by atoms with Gasteiger partial charge in [0.1, 0.15) is 5.82 Å². The topological polar surface area (TPSA) is 39.1 Å². The van der Waals surface area contributed by atoms with Crippen molar-refractivity contribution in [3.05, 3.63) is 48.0 Å². The highest BCUT2D eigenvalue weighted by Crippen LogP contribution is 2.20. The lowest BCUT2D eigenvalue weighted by Gasteiger charge is -2.14. The molecule has 1 aliphatic rings. The van der Waals surface area contributed by atoms with Crippen molar-refractivity contribution in [1.29, 1.82) is 0 Å². The van der Waals surface area contributed by atoms with E-state index in [9.17, 15) is 4.39 Å². The molecule has 1 fully saturated rings. The molecule has 0 aliphatic carbocycles. The van der Waals surface area contributed by atoms with Gasteiger partial charge in [-0.2, -0.15) is 5.10 Å². The van der Waals surface area contributed by atoms with Crippen LogP contribution in [0.15, 0.2) is 36.7 Å². The third-order valence-corrected chi connectivity index (χ3v) is 3.80. The summed E-state index contributed by atoms with van der Waals surface area (Å²) in [6, 6.07) is 6.65. The Bertz CT molecular complexity index is 575. The third-order valence-electron chi connectivity index (χ3n) is 3.80. The standard InChI is InChI=1S/C16H20FN3O/c1-12(13-4-6-14(17)7-5-13)19-15-9-18-20(10-15)11-16-3-2-8-21-16/h4-7,9-10,12,16,19H,2-3,8,11H2,1H3. The number of anilines is 1. The van der Waals surface area contributed by atoms with Crippen LogP contribution in [-0.2, 0) is 11.3 Å². The second kappa shape index (κ2) is 6.26. The number of nitrogens with one attached hydrogen (secondary N) is 1. The van der Waals surface area contributed by atoms with Crippen LogP contribution in [0.4, 0.5) is 10.1 Å². The van der Waals surface area contributed by atoms with Gasteiger partial charge in [-0.3, -0.25) is 4.68 Å². The number of benzene rings is 1. The van der Waals surface area contributed by atoms with Crippen molar-refractivity contribution in [3.63, 3.8) is 0 Å². The largest absolute Gasteiger partial charge is 0.376 e. The molecule has 5 heteroatoms. The molecular weight excluding hydrogens is 269 g/mol. The molecule has 4 nitrogen and oxygen atoms in total. The molecule has 0 amide bonds. The number of aromatic nitrogens is 2. The Hall–Kier alpha value is -1.88. The van der Waals surface area contributed by atoms with E-state index in [-0.39, 0.29) is 18.0 Å². The fourth-order valence-corrected chi connectivity index (χ4v) is 2.62. The highest BCUT2D eigenvalue weighted by molar-refractivity contribution is 5.41. The Labute approximate surface area is 123 Å². The summed E-state index contributed by atoms with van der Waals surface area (Å²) >= 11 is 0. The van der Waals surface area contributed by atoms with Crippen LogP contribution in [0.1, 0.15) is 31.4 Å². The lowest BCUT2D eigenvalue weighted by atomic mass is 10.1. The first-order chi connectivity index (χ1) is 10.2. The first kappa shape index (κ1) is 14.1. The van der Waals surface area contributed by atoms with Gasteiger partial charge in [0.15, 0.2) is 0 Å². The minimum Gasteiger partial charge on any atom is -0.376 e. The molecule has 2 aromatic rings. The summed E-state index contributed by atoms with van der Waals surface area (Å²) < 4.78 is 20.5. The van der Waals surface area contributed by atoms with E-state index >= 15 is 0 Å². The molecular formula is C16H20FN3O. The van der Waals surface area contributed by atoms with Crippen molar-refractivity contribution in [2.45, 2.75) is 38.5 Å². The molecule has 0 saturated carbocycles. The summed E-state index contributed by atoms with van der Waals surface area (Å²) in [4.78, 5) is 0. The van der Waals surface area contributed by atoms with E-state index in [1.165, 1.54) is 12.1 Å². The molecule has 3 rings (SSSR count). The minimum absolute atomic E-state index is 0.103. The Morgan fingerprint density at radius 3 is 2.95 bits per heavy atom. The zero-order valence-electron chi connectivity index (χ0n) is 12.1. The zero-order valence-corrected chi connectivity index (χ0v) is 12.1. The number of ether oxygens (including phenoxy) is 1. The van der Waals surface area contributed by atoms with Crippen molar-refractivity contribution in [2.75, 3.05) is 11.9 Å². The zero-order chi connectivity index (χ0) is 14.7. The predicted octanol–water partition coefficient (Wildman–Crippen LogP) is 3.37. The second-order valence-electron chi connectivity index (χ2n) is 5.50. The van der Waals surface area contributed by atoms with Gasteiger partial charge in [0, 0.05) is 18.8 Å². The second-order valence-corrected chi connectivity index (χ2v) is 5.50. The predicted molar refractivity (Wildman–Crippen MR) is 79.6 cm³/mol. The van der Waals surface area contributed by atoms with Crippen LogP contribution in [0.5, 0.6) is 0 Å². The number of halogens is 1. The van der Waals surface area contributed by atoms with Crippen molar-refractivity contribution in [3.8, 4) is 0 Å². The maximum atomic E-state index is 12.9. The molecule has 0 spiro atoms. The van der Waals surface area contributed by atoms with Crippen molar-refractivity contribution in [1.82, 2.24) is 9.78 Å². The summed E-state index contributed by atoms with van der Waals surface area (Å²) in [5.41, 5.74) is 2.01. The molecule has 1 saturated heterocycles. The van der Waals surface area contributed by atoms with E-state index in [0.29, 0.717) is 0 Å². The molecule has 2 heterocycles. The molecule has 2 atom stereocenters. The van der Waals surface area contributed by atoms with Gasteiger partial charge >= 0.3 is 0 Å². The van der Waals surface area contributed by atoms with Gasteiger partial charge in [0.05, 0.1) is 24.5 Å². The summed E-state index contributed by atoms with van der Waals surface area (Å²) in [6.07, 6.45) is 6.33. The Morgan fingerprint density at radius 1 is 1.43 bits per heavy atom. The minimum atomic E-state index is -0.213. The van der Waals surface area contributed by atoms with E-state index < -0.39 is 0 Å². The van der Waals surface area contributed by atoms with Gasteiger partial charge in [-0.05, 0) is 37.5 Å². The normalized spacial score (nSPS) is 19.6. The molecule has 21 heavy (non-hydrogen) atoms. The Kier molecular flexibility index (Phi) is 4.20. The average molecular weight is 289 g/mol. The Balaban J connectivity index is 1.59. The Morgan fingerprint density at radius 2 is 2.24 bits per heavy atom. The van der Waals surface area contributed by atoms with Gasteiger partial charge < -0.3 is 10.1 Å². The summed E-state index contributed by atoms with van der Waals surface area (Å²) in [5.74, 6) is -0.213. The maximum Gasteiger partial charge on any atom is 0.123 e. The van der Waals surface area contributed by atoms with Crippen LogP contribution in [0.2, 0.25) is 0 Å². The lowest BCUT2D eigenvalue weighted by molar-refractivity contribution is 0.0940. The van der Waals surface area contributed by atoms with Gasteiger partial charge in [-0.25, -0.2) is 4.39 Å². The summed E-state index contributed by atoms with van der Waals surface area (Å²) in [7, 11) is 0. The van der Waals surface area contributed by atoms with Crippen LogP contribution < -0.4 is 5.32 Å². The van der Waals surface area contributed by atoms with Gasteiger partial charge in [-0.15, -0.1) is 0 Å². The van der Waals surface area contributed by atoms with Gasteiger partial charge in [0.2, 0.25) is 0 Å². The highest BCUT2D eigenvalue weighted by Gasteiger charge is 2.16. The quantitative estimate of drug-likeness (QED) is 0.917. The molecule has 0 bridgehead atoms. The van der Waals surface area contributed by atoms with Crippen molar-refractivity contribution in [2.24, 2.45) is 0 Å². The van der Waals surface area contributed by atoms with E-state index in [2.05, 4.69) is 10.4 Å². The maximum absolute atomic E-state index is 12.9. The number of rotatable bonds is 5. The molecule has 0 radical (unpaired) electrons. The van der Waals surface area contributed by atoms with Crippen molar-refractivity contribution < 1.29 is 9.13 Å². The molecule has 1 aromatic heterocycles. The summed E-state index contributed by atoms with van der Waals surface area (Å²) in [6.45, 7) is 3.70. The lowest BCUT2D eigenvalue weighted by Crippen LogP contribution is -2.15.